The first-order chi connectivity index (χ1) is 46.9. The summed E-state index contributed by atoms with van der Waals surface area (Å²) in [6.07, 6.45) is 25.5. The van der Waals surface area contributed by atoms with Crippen molar-refractivity contribution in [1.29, 1.82) is 0 Å². The Bertz CT molecular complexity index is 1950. The number of nitrogens with one attached hydrogen (secondary N) is 2. The minimum Gasteiger partial charge on any atom is -0.477 e. The van der Waals surface area contributed by atoms with Crippen molar-refractivity contribution >= 4 is 17.8 Å². The molecule has 572 valence electrons. The van der Waals surface area contributed by atoms with E-state index in [2.05, 4.69) is 24.5 Å². The number of hydrogen-bond acceptors (Lipinski definition) is 20. The maximum atomic E-state index is 13.5. The van der Waals surface area contributed by atoms with Crippen LogP contribution in [0, 0.1) is 0 Å². The smallest absolute Gasteiger partial charge is 0.364 e. The van der Waals surface area contributed by atoms with Gasteiger partial charge in [0.1, 0.15) is 67.1 Å². The van der Waals surface area contributed by atoms with Gasteiger partial charge in [0.2, 0.25) is 11.8 Å². The minimum absolute atomic E-state index is 0.229. The highest BCUT2D eigenvalue weighted by molar-refractivity contribution is 5.77. The number of carboxylic acids is 1. The Kier molecular flexibility index (Phi) is 49.9. The fourth-order valence-electron chi connectivity index (χ4n) is 13.9. The summed E-state index contributed by atoms with van der Waals surface area (Å²) in [4.78, 5) is 38.6. The number of carbonyl (C=O) groups excluding carboxylic acids is 2. The lowest BCUT2D eigenvalue weighted by molar-refractivity contribution is -0.386. The predicted molar refractivity (Wildman–Crippen MR) is 371 cm³/mol. The highest BCUT2D eigenvalue weighted by Gasteiger charge is 2.60. The van der Waals surface area contributed by atoms with E-state index >= 15 is 0 Å². The number of amides is 2. The van der Waals surface area contributed by atoms with Crippen molar-refractivity contribution in [3.05, 3.63) is 0 Å². The van der Waals surface area contributed by atoms with Crippen molar-refractivity contribution in [2.24, 2.45) is 0 Å². The number of rotatable bonds is 61. The number of carbonyl (C=O) groups is 3. The zero-order chi connectivity index (χ0) is 71.1. The molecular weight excluding hydrogens is 1250 g/mol. The van der Waals surface area contributed by atoms with E-state index in [0.717, 1.165) is 51.9 Å². The third kappa shape index (κ3) is 35.7. The molecule has 3 aliphatic heterocycles. The van der Waals surface area contributed by atoms with Crippen molar-refractivity contribution in [1.82, 2.24) is 10.6 Å². The van der Waals surface area contributed by atoms with Gasteiger partial charge in [-0.2, -0.15) is 0 Å². The van der Waals surface area contributed by atoms with Crippen molar-refractivity contribution in [3.63, 3.8) is 0 Å². The molecular formula is C74H140N2O21. The van der Waals surface area contributed by atoms with Gasteiger partial charge in [-0.3, -0.25) is 9.59 Å². The van der Waals surface area contributed by atoms with Crippen molar-refractivity contribution in [2.45, 2.75) is 426 Å². The van der Waals surface area contributed by atoms with E-state index < -0.39 is 148 Å². The molecule has 18 unspecified atom stereocenters. The fraction of sp³-hybridized carbons (Fsp3) is 0.959. The van der Waals surface area contributed by atoms with Gasteiger partial charge in [0.25, 0.3) is 5.79 Å². The molecule has 0 aromatic carbocycles. The van der Waals surface area contributed by atoms with Gasteiger partial charge < -0.3 is 100 Å². The number of carboxylic acid groups (broad SMARTS) is 1. The number of aliphatic hydroxyl groups is 11. The van der Waals surface area contributed by atoms with Crippen LogP contribution in [0.15, 0.2) is 0 Å². The van der Waals surface area contributed by atoms with E-state index in [1.807, 2.05) is 0 Å². The number of aliphatic hydroxyl groups excluding tert-OH is 11. The summed E-state index contributed by atoms with van der Waals surface area (Å²) < 4.78 is 34.9. The number of aliphatic carboxylic acids is 1. The van der Waals surface area contributed by atoms with Crippen molar-refractivity contribution in [3.8, 4) is 0 Å². The molecule has 18 atom stereocenters. The van der Waals surface area contributed by atoms with Crippen molar-refractivity contribution in [2.75, 3.05) is 26.4 Å². The lowest BCUT2D eigenvalue weighted by Crippen LogP contribution is -2.70. The monoisotopic (exact) mass is 1390 g/mol. The first-order valence-corrected chi connectivity index (χ1v) is 38.9. The zero-order valence-corrected chi connectivity index (χ0v) is 60.2. The Balaban J connectivity index is 1.48. The summed E-state index contributed by atoms with van der Waals surface area (Å²) in [7, 11) is 0. The third-order valence-electron chi connectivity index (χ3n) is 20.1. The molecule has 0 saturated carbocycles. The quantitative estimate of drug-likeness (QED) is 0.0252. The molecule has 0 radical (unpaired) electrons. The summed E-state index contributed by atoms with van der Waals surface area (Å²) in [5.41, 5.74) is 0. The second-order valence-corrected chi connectivity index (χ2v) is 28.6. The number of hydrogen-bond donors (Lipinski definition) is 14. The number of unbranched alkanes of at least 4 members (excludes halogenated alkanes) is 41. The van der Waals surface area contributed by atoms with E-state index in [9.17, 15) is 75.7 Å². The highest BCUT2D eigenvalue weighted by atomic mass is 16.8. The normalized spacial score (nSPS) is 27.3. The van der Waals surface area contributed by atoms with Gasteiger partial charge in [-0.25, -0.2) is 4.79 Å². The molecule has 23 nitrogen and oxygen atoms in total. The van der Waals surface area contributed by atoms with Crippen LogP contribution >= 0.6 is 0 Å². The van der Waals surface area contributed by atoms with E-state index in [-0.39, 0.29) is 18.9 Å². The van der Waals surface area contributed by atoms with Crippen LogP contribution in [0.4, 0.5) is 0 Å². The second-order valence-electron chi connectivity index (χ2n) is 28.6. The van der Waals surface area contributed by atoms with Gasteiger partial charge >= 0.3 is 5.97 Å². The molecule has 3 heterocycles. The predicted octanol–water partition coefficient (Wildman–Crippen LogP) is 9.24. The van der Waals surface area contributed by atoms with Crippen LogP contribution in [0.25, 0.3) is 0 Å². The maximum absolute atomic E-state index is 13.5. The van der Waals surface area contributed by atoms with E-state index in [1.54, 1.807) is 0 Å². The molecule has 0 aromatic heterocycles. The third-order valence-corrected chi connectivity index (χ3v) is 20.1. The minimum atomic E-state index is -3.08. The summed E-state index contributed by atoms with van der Waals surface area (Å²) in [5, 5.41) is 136. The average Bonchev–Trinajstić information content (AvgIpc) is 0.758. The zero-order valence-electron chi connectivity index (χ0n) is 60.2. The number of ether oxygens (including phenoxy) is 6. The molecule has 23 heteroatoms. The van der Waals surface area contributed by atoms with Crippen LogP contribution in [-0.4, -0.2) is 215 Å². The lowest BCUT2D eigenvalue weighted by atomic mass is 9.88. The van der Waals surface area contributed by atoms with Gasteiger partial charge in [0, 0.05) is 19.8 Å². The van der Waals surface area contributed by atoms with Crippen LogP contribution in [0.3, 0.4) is 0 Å². The SMILES string of the molecule is CCCCCCCCCCCCCCCCCCCCCCCCCCCCCCCC(=O)NC(COC1OC(CO)C(OC2OC(CO)C(O)C(OC3(C(=O)O)CC(O)C(NC(C)=O)C(C(O)C(O)CO)O3)C2O)C(O)C1O)C(O)CCCCCCCCCCCCCCCC. The standard InChI is InChI=1S/C74H140N2O21/c1-4-6-8-10-12-14-16-18-20-21-22-23-24-25-26-27-28-29-30-31-32-33-34-36-38-40-42-44-46-48-61(84)76-55(56(81)47-45-43-41-39-37-35-19-17-15-13-11-9-7-5-2)53-92-71-66(88)65(87)68(60(52-79)94-71)95-72-67(89)70(64(86)59(51-78)93-72)97-74(73(90)91)49-57(82)62(75-54(3)80)69(96-74)63(85)58(83)50-77/h55-60,62-72,77-79,81-83,85-89H,4-53H2,1-3H3,(H,75,80)(H,76,84)(H,90,91). The van der Waals surface area contributed by atoms with Gasteiger partial charge in [-0.1, -0.05) is 284 Å². The molecule has 3 rings (SSSR count). The average molecular weight is 1390 g/mol. The van der Waals surface area contributed by atoms with Crippen molar-refractivity contribution < 1.29 is 104 Å². The van der Waals surface area contributed by atoms with Crippen LogP contribution < -0.4 is 10.6 Å². The largest absolute Gasteiger partial charge is 0.477 e. The second kappa shape index (κ2) is 54.4. The van der Waals surface area contributed by atoms with Gasteiger partial charge in [-0.05, 0) is 12.8 Å². The molecule has 0 spiro atoms. The van der Waals surface area contributed by atoms with E-state index in [0.29, 0.717) is 19.3 Å². The summed E-state index contributed by atoms with van der Waals surface area (Å²) in [6.45, 7) is 2.24. The molecule has 3 aliphatic rings. The summed E-state index contributed by atoms with van der Waals surface area (Å²) in [6, 6.07) is -2.52. The summed E-state index contributed by atoms with van der Waals surface area (Å²) >= 11 is 0. The maximum Gasteiger partial charge on any atom is 0.364 e. The first kappa shape index (κ1) is 88.9. The molecule has 3 saturated heterocycles. The highest BCUT2D eigenvalue weighted by Crippen LogP contribution is 2.39. The molecule has 0 aliphatic carbocycles. The van der Waals surface area contributed by atoms with E-state index in [1.165, 1.54) is 218 Å². The van der Waals surface area contributed by atoms with Gasteiger partial charge in [-0.15, -0.1) is 0 Å². The molecule has 3 fully saturated rings. The molecule has 97 heavy (non-hydrogen) atoms. The molecule has 0 bridgehead atoms. The first-order valence-electron chi connectivity index (χ1n) is 38.9. The van der Waals surface area contributed by atoms with E-state index in [4.69, 9.17) is 28.4 Å². The van der Waals surface area contributed by atoms with Crippen LogP contribution in [0.2, 0.25) is 0 Å². The Hall–Kier alpha value is -2.27. The van der Waals surface area contributed by atoms with Crippen LogP contribution in [0.5, 0.6) is 0 Å². The fourth-order valence-corrected chi connectivity index (χ4v) is 13.9. The van der Waals surface area contributed by atoms with Crippen LogP contribution in [0.1, 0.15) is 316 Å². The Morgan fingerprint density at radius 2 is 0.897 bits per heavy atom. The molecule has 2 amide bonds. The molecule has 14 N–H and O–H groups in total. The van der Waals surface area contributed by atoms with Gasteiger partial charge in [0.15, 0.2) is 12.6 Å². The molecule has 0 aromatic rings. The van der Waals surface area contributed by atoms with Crippen LogP contribution in [-0.2, 0) is 42.8 Å². The summed E-state index contributed by atoms with van der Waals surface area (Å²) in [5.74, 6) is -6.09. The Morgan fingerprint density at radius 1 is 0.495 bits per heavy atom. The lowest BCUT2D eigenvalue weighted by Gasteiger charge is -2.50. The Labute approximate surface area is 582 Å². The topological polar surface area (TPSA) is 373 Å². The Morgan fingerprint density at radius 3 is 1.29 bits per heavy atom. The van der Waals surface area contributed by atoms with Gasteiger partial charge in [0.05, 0.1) is 50.7 Å².